The lowest BCUT2D eigenvalue weighted by Gasteiger charge is -2.15. The van der Waals surface area contributed by atoms with E-state index < -0.39 is 0 Å². The van der Waals surface area contributed by atoms with Gasteiger partial charge in [-0.1, -0.05) is 24.3 Å². The van der Waals surface area contributed by atoms with Gasteiger partial charge in [-0.3, -0.25) is 4.79 Å². The molecule has 3 heteroatoms. The van der Waals surface area contributed by atoms with Gasteiger partial charge in [0, 0.05) is 11.1 Å². The second-order valence-corrected chi connectivity index (χ2v) is 4.79. The number of phenols is 1. The monoisotopic (exact) mass is 278 g/mol. The van der Waals surface area contributed by atoms with Crippen LogP contribution in [0.3, 0.4) is 0 Å². The Bertz CT molecular complexity index is 724. The van der Waals surface area contributed by atoms with Crippen molar-refractivity contribution < 1.29 is 14.6 Å². The molecule has 2 aromatic rings. The molecular weight excluding hydrogens is 264 g/mol. The fraction of sp³-hybridized carbons (Fsp3) is 0.0556. The van der Waals surface area contributed by atoms with Crippen molar-refractivity contribution in [2.45, 2.75) is 0 Å². The molecular formula is C18H14O3. The van der Waals surface area contributed by atoms with Gasteiger partial charge in [0.05, 0.1) is 0 Å². The Kier molecular flexibility index (Phi) is 3.56. The number of rotatable bonds is 3. The fourth-order valence-electron chi connectivity index (χ4n) is 2.13. The number of ketones is 1. The molecule has 0 fully saturated rings. The molecule has 0 radical (unpaired) electrons. The van der Waals surface area contributed by atoms with Crippen LogP contribution in [-0.2, 0) is 0 Å². The van der Waals surface area contributed by atoms with Crippen molar-refractivity contribution in [3.8, 4) is 11.5 Å². The van der Waals surface area contributed by atoms with E-state index in [9.17, 15) is 9.90 Å². The summed E-state index contributed by atoms with van der Waals surface area (Å²) < 4.78 is 5.63. The quantitative estimate of drug-likeness (QED) is 0.689. The highest BCUT2D eigenvalue weighted by atomic mass is 16.5. The number of phenolic OH excluding ortho intramolecular Hbond substituents is 1. The number of benzene rings is 2. The van der Waals surface area contributed by atoms with Crippen molar-refractivity contribution in [3.05, 3.63) is 77.4 Å². The maximum atomic E-state index is 12.0. The van der Waals surface area contributed by atoms with Gasteiger partial charge in [-0.2, -0.15) is 0 Å². The van der Waals surface area contributed by atoms with E-state index in [0.717, 1.165) is 16.9 Å². The molecule has 21 heavy (non-hydrogen) atoms. The van der Waals surface area contributed by atoms with Crippen LogP contribution in [0.1, 0.15) is 15.9 Å². The van der Waals surface area contributed by atoms with Crippen molar-refractivity contribution >= 4 is 11.9 Å². The van der Waals surface area contributed by atoms with Crippen LogP contribution in [0.5, 0.6) is 11.5 Å². The van der Waals surface area contributed by atoms with Crippen molar-refractivity contribution in [1.82, 2.24) is 0 Å². The number of para-hydroxylation sites is 1. The molecule has 0 bridgehead atoms. The highest BCUT2D eigenvalue weighted by Crippen LogP contribution is 2.26. The molecule has 0 unspecified atom stereocenters. The van der Waals surface area contributed by atoms with Gasteiger partial charge >= 0.3 is 0 Å². The predicted molar refractivity (Wildman–Crippen MR) is 81.5 cm³/mol. The molecule has 0 amide bonds. The third kappa shape index (κ3) is 3.03. The maximum absolute atomic E-state index is 12.0. The summed E-state index contributed by atoms with van der Waals surface area (Å²) in [6.07, 6.45) is 5.31. The van der Waals surface area contributed by atoms with Gasteiger partial charge in [0.15, 0.2) is 5.78 Å². The Morgan fingerprint density at radius 1 is 1.10 bits per heavy atom. The summed E-state index contributed by atoms with van der Waals surface area (Å²) in [6.45, 7) is 0.455. The Morgan fingerprint density at radius 2 is 1.86 bits per heavy atom. The van der Waals surface area contributed by atoms with Crippen molar-refractivity contribution in [2.75, 3.05) is 6.61 Å². The number of fused-ring (bicyclic) bond motifs is 1. The van der Waals surface area contributed by atoms with Crippen LogP contribution in [0.15, 0.2) is 66.3 Å². The Hall–Kier alpha value is -2.81. The minimum Gasteiger partial charge on any atom is -0.508 e. The van der Waals surface area contributed by atoms with E-state index in [-0.39, 0.29) is 11.5 Å². The molecule has 1 heterocycles. The van der Waals surface area contributed by atoms with Gasteiger partial charge in [-0.15, -0.1) is 0 Å². The van der Waals surface area contributed by atoms with Crippen LogP contribution in [0.2, 0.25) is 0 Å². The third-order valence-corrected chi connectivity index (χ3v) is 3.25. The van der Waals surface area contributed by atoms with Gasteiger partial charge in [0.25, 0.3) is 0 Å². The van der Waals surface area contributed by atoms with E-state index in [1.54, 1.807) is 18.2 Å². The Balaban J connectivity index is 1.76. The smallest absolute Gasteiger partial charge is 0.185 e. The van der Waals surface area contributed by atoms with Gasteiger partial charge in [0.2, 0.25) is 0 Å². The number of allylic oxidation sites excluding steroid dienone is 1. The molecule has 0 aromatic heterocycles. The van der Waals surface area contributed by atoms with Crippen LogP contribution in [0, 0.1) is 0 Å². The van der Waals surface area contributed by atoms with E-state index >= 15 is 0 Å². The molecule has 1 aliphatic rings. The first-order valence-corrected chi connectivity index (χ1v) is 6.66. The number of ether oxygens (including phenoxy) is 1. The molecule has 0 spiro atoms. The SMILES string of the molecule is O=C(C=CC1=Cc2ccccc2OC1)c1ccc(O)cc1. The van der Waals surface area contributed by atoms with E-state index in [1.165, 1.54) is 18.2 Å². The first-order valence-electron chi connectivity index (χ1n) is 6.66. The molecule has 3 nitrogen and oxygen atoms in total. The molecule has 0 aliphatic carbocycles. The number of hydrogen-bond acceptors (Lipinski definition) is 3. The second-order valence-electron chi connectivity index (χ2n) is 4.79. The molecule has 0 saturated heterocycles. The minimum absolute atomic E-state index is 0.102. The number of hydrogen-bond donors (Lipinski definition) is 1. The molecule has 1 aliphatic heterocycles. The molecule has 3 rings (SSSR count). The average Bonchev–Trinajstić information content (AvgIpc) is 2.53. The van der Waals surface area contributed by atoms with Gasteiger partial charge in [0.1, 0.15) is 18.1 Å². The van der Waals surface area contributed by atoms with Crippen molar-refractivity contribution in [2.24, 2.45) is 0 Å². The summed E-state index contributed by atoms with van der Waals surface area (Å²) in [5, 5.41) is 9.21. The lowest BCUT2D eigenvalue weighted by molar-refractivity contribution is 0.104. The minimum atomic E-state index is -0.102. The van der Waals surface area contributed by atoms with Crippen molar-refractivity contribution in [1.29, 1.82) is 0 Å². The zero-order chi connectivity index (χ0) is 14.7. The van der Waals surface area contributed by atoms with E-state index in [4.69, 9.17) is 4.74 Å². The summed E-state index contributed by atoms with van der Waals surface area (Å²) in [4.78, 5) is 12.0. The largest absolute Gasteiger partial charge is 0.508 e. The second kappa shape index (κ2) is 5.67. The Labute approximate surface area is 122 Å². The highest BCUT2D eigenvalue weighted by molar-refractivity contribution is 6.04. The van der Waals surface area contributed by atoms with Crippen LogP contribution >= 0.6 is 0 Å². The normalized spacial score (nSPS) is 13.4. The van der Waals surface area contributed by atoms with Crippen LogP contribution in [0.25, 0.3) is 6.08 Å². The number of aromatic hydroxyl groups is 1. The summed E-state index contributed by atoms with van der Waals surface area (Å²) in [7, 11) is 0. The zero-order valence-corrected chi connectivity index (χ0v) is 11.3. The average molecular weight is 278 g/mol. The predicted octanol–water partition coefficient (Wildman–Crippen LogP) is 3.61. The van der Waals surface area contributed by atoms with E-state index in [2.05, 4.69) is 0 Å². The summed E-state index contributed by atoms with van der Waals surface area (Å²) in [5.41, 5.74) is 2.50. The summed E-state index contributed by atoms with van der Waals surface area (Å²) >= 11 is 0. The van der Waals surface area contributed by atoms with E-state index in [1.807, 2.05) is 30.3 Å². The zero-order valence-electron chi connectivity index (χ0n) is 11.3. The molecule has 104 valence electrons. The summed E-state index contributed by atoms with van der Waals surface area (Å²) in [6, 6.07) is 14.0. The molecule has 1 N–H and O–H groups in total. The molecule has 2 aromatic carbocycles. The molecule has 0 atom stereocenters. The summed E-state index contributed by atoms with van der Waals surface area (Å²) in [5.74, 6) is 0.907. The van der Waals surface area contributed by atoms with Gasteiger partial charge < -0.3 is 9.84 Å². The topological polar surface area (TPSA) is 46.5 Å². The van der Waals surface area contributed by atoms with Crippen LogP contribution in [0.4, 0.5) is 0 Å². The lowest BCUT2D eigenvalue weighted by atomic mass is 10.1. The Morgan fingerprint density at radius 3 is 2.67 bits per heavy atom. The van der Waals surface area contributed by atoms with Crippen molar-refractivity contribution in [3.63, 3.8) is 0 Å². The number of carbonyl (C=O) groups excluding carboxylic acids is 1. The third-order valence-electron chi connectivity index (χ3n) is 3.25. The molecule has 0 saturated carbocycles. The number of carbonyl (C=O) groups is 1. The maximum Gasteiger partial charge on any atom is 0.185 e. The standard InChI is InChI=1S/C18H14O3/c19-16-8-6-14(7-9-16)17(20)10-5-13-11-15-3-1-2-4-18(15)21-12-13/h1-11,19H,12H2. The lowest BCUT2D eigenvalue weighted by Crippen LogP contribution is -2.06. The van der Waals surface area contributed by atoms with Crippen LogP contribution < -0.4 is 4.74 Å². The fourth-order valence-corrected chi connectivity index (χ4v) is 2.13. The van der Waals surface area contributed by atoms with Gasteiger partial charge in [-0.05, 0) is 48.1 Å². The first kappa shape index (κ1) is 13.2. The van der Waals surface area contributed by atoms with E-state index in [0.29, 0.717) is 12.2 Å². The first-order chi connectivity index (χ1) is 10.2. The van der Waals surface area contributed by atoms with Crippen LogP contribution in [-0.4, -0.2) is 17.5 Å². The van der Waals surface area contributed by atoms with Gasteiger partial charge in [-0.25, -0.2) is 0 Å². The highest BCUT2D eigenvalue weighted by Gasteiger charge is 2.09.